The molecule has 2 aliphatic rings. The van der Waals surface area contributed by atoms with Crippen molar-refractivity contribution in [2.45, 2.75) is 32.3 Å². The topological polar surface area (TPSA) is 78.8 Å². The first-order valence-corrected chi connectivity index (χ1v) is 8.29. The van der Waals surface area contributed by atoms with Gasteiger partial charge in [-0.2, -0.15) is 0 Å². The number of hydrogen-bond acceptors (Lipinski definition) is 6. The summed E-state index contributed by atoms with van der Waals surface area (Å²) in [6.07, 6.45) is 4.55. The number of nitrogens with zero attached hydrogens (tertiary/aromatic N) is 4. The number of piperidine rings is 1. The van der Waals surface area contributed by atoms with Gasteiger partial charge in [0.1, 0.15) is 0 Å². The van der Waals surface area contributed by atoms with E-state index in [1.807, 2.05) is 6.92 Å². The molecule has 0 saturated carbocycles. The second-order valence-electron chi connectivity index (χ2n) is 6.20. The summed E-state index contributed by atoms with van der Waals surface area (Å²) >= 11 is 0. The van der Waals surface area contributed by atoms with Gasteiger partial charge in [0.25, 0.3) is 5.91 Å². The van der Waals surface area contributed by atoms with Crippen molar-refractivity contribution in [3.05, 3.63) is 17.5 Å². The summed E-state index contributed by atoms with van der Waals surface area (Å²) in [5.41, 5.74) is 1.19. The Hall–Kier alpha value is -1.73. The number of carbonyl (C=O) groups is 1. The Morgan fingerprint density at radius 2 is 2.09 bits per heavy atom. The van der Waals surface area contributed by atoms with Crippen molar-refractivity contribution in [3.63, 3.8) is 0 Å². The summed E-state index contributed by atoms with van der Waals surface area (Å²) in [5.74, 6) is 0.565. The zero-order valence-electron chi connectivity index (χ0n) is 13.6. The van der Waals surface area contributed by atoms with Crippen LogP contribution in [0.1, 0.15) is 35.3 Å². The lowest BCUT2D eigenvalue weighted by Gasteiger charge is -2.27. The summed E-state index contributed by atoms with van der Waals surface area (Å²) in [6.45, 7) is 5.26. The minimum atomic E-state index is -0.643. The Bertz CT molecular complexity index is 560. The maximum absolute atomic E-state index is 12.7. The molecule has 0 radical (unpaired) electrons. The summed E-state index contributed by atoms with van der Waals surface area (Å²) in [4.78, 5) is 25.4. The highest BCUT2D eigenvalue weighted by Crippen LogP contribution is 2.18. The third-order valence-corrected chi connectivity index (χ3v) is 4.37. The smallest absolute Gasteiger partial charge is 0.257 e. The SMILES string of the molecule is Cc1nc(N2CCCCC2)ncc1C(=O)N1CCOC[C@H](O)C1. The lowest BCUT2D eigenvalue weighted by Crippen LogP contribution is -2.38. The average molecular weight is 320 g/mol. The van der Waals surface area contributed by atoms with Gasteiger partial charge in [0.2, 0.25) is 5.95 Å². The highest BCUT2D eigenvalue weighted by Gasteiger charge is 2.24. The van der Waals surface area contributed by atoms with Crippen molar-refractivity contribution in [2.24, 2.45) is 0 Å². The Morgan fingerprint density at radius 1 is 1.30 bits per heavy atom. The molecule has 7 heteroatoms. The Kier molecular flexibility index (Phi) is 5.07. The molecule has 2 fully saturated rings. The zero-order valence-corrected chi connectivity index (χ0v) is 13.6. The van der Waals surface area contributed by atoms with E-state index in [1.54, 1.807) is 11.1 Å². The summed E-state index contributed by atoms with van der Waals surface area (Å²) < 4.78 is 5.27. The molecule has 1 atom stereocenters. The molecule has 23 heavy (non-hydrogen) atoms. The van der Waals surface area contributed by atoms with E-state index in [0.29, 0.717) is 30.4 Å². The van der Waals surface area contributed by atoms with Crippen LogP contribution in [0.25, 0.3) is 0 Å². The molecule has 3 rings (SSSR count). The second-order valence-corrected chi connectivity index (χ2v) is 6.20. The van der Waals surface area contributed by atoms with E-state index >= 15 is 0 Å². The maximum atomic E-state index is 12.7. The van der Waals surface area contributed by atoms with Crippen LogP contribution in [-0.2, 0) is 4.74 Å². The Morgan fingerprint density at radius 3 is 2.83 bits per heavy atom. The van der Waals surface area contributed by atoms with E-state index in [4.69, 9.17) is 4.74 Å². The lowest BCUT2D eigenvalue weighted by atomic mass is 10.1. The third-order valence-electron chi connectivity index (χ3n) is 4.37. The average Bonchev–Trinajstić information content (AvgIpc) is 2.79. The van der Waals surface area contributed by atoms with Crippen LogP contribution < -0.4 is 4.90 Å². The zero-order chi connectivity index (χ0) is 16.2. The van der Waals surface area contributed by atoms with Crippen LogP contribution in [0.15, 0.2) is 6.20 Å². The van der Waals surface area contributed by atoms with Crippen molar-refractivity contribution >= 4 is 11.9 Å². The van der Waals surface area contributed by atoms with E-state index < -0.39 is 6.10 Å². The number of anilines is 1. The Balaban J connectivity index is 1.75. The van der Waals surface area contributed by atoms with Crippen molar-refractivity contribution in [3.8, 4) is 0 Å². The summed E-state index contributed by atoms with van der Waals surface area (Å²) in [5, 5.41) is 9.78. The van der Waals surface area contributed by atoms with E-state index in [0.717, 1.165) is 25.9 Å². The molecule has 0 bridgehead atoms. The fourth-order valence-corrected chi connectivity index (χ4v) is 3.06. The molecule has 0 aliphatic carbocycles. The van der Waals surface area contributed by atoms with Crippen LogP contribution in [0.4, 0.5) is 5.95 Å². The highest BCUT2D eigenvalue weighted by molar-refractivity contribution is 5.95. The van der Waals surface area contributed by atoms with Gasteiger partial charge >= 0.3 is 0 Å². The van der Waals surface area contributed by atoms with Crippen molar-refractivity contribution < 1.29 is 14.6 Å². The van der Waals surface area contributed by atoms with Gasteiger partial charge in [-0.1, -0.05) is 0 Å². The minimum Gasteiger partial charge on any atom is -0.389 e. The van der Waals surface area contributed by atoms with E-state index in [-0.39, 0.29) is 19.1 Å². The highest BCUT2D eigenvalue weighted by atomic mass is 16.5. The van der Waals surface area contributed by atoms with Gasteiger partial charge < -0.3 is 19.6 Å². The first-order valence-electron chi connectivity index (χ1n) is 8.29. The predicted octanol–water partition coefficient (Wildman–Crippen LogP) is 0.609. The largest absolute Gasteiger partial charge is 0.389 e. The fourth-order valence-electron chi connectivity index (χ4n) is 3.06. The van der Waals surface area contributed by atoms with Gasteiger partial charge in [0.05, 0.1) is 30.6 Å². The number of β-amino-alcohol motifs (C(OH)–C–C–N with tert-alkyl or cyclic N) is 1. The summed E-state index contributed by atoms with van der Waals surface area (Å²) in [7, 11) is 0. The first-order chi connectivity index (χ1) is 11.1. The Labute approximate surface area is 136 Å². The van der Waals surface area contributed by atoms with Gasteiger partial charge in [0.15, 0.2) is 0 Å². The quantitative estimate of drug-likeness (QED) is 0.860. The molecule has 2 aliphatic heterocycles. The number of aryl methyl sites for hydroxylation is 1. The van der Waals surface area contributed by atoms with Gasteiger partial charge in [-0.3, -0.25) is 4.79 Å². The second kappa shape index (κ2) is 7.23. The number of aliphatic hydroxyl groups excluding tert-OH is 1. The van der Waals surface area contributed by atoms with Gasteiger partial charge in [-0.25, -0.2) is 9.97 Å². The van der Waals surface area contributed by atoms with E-state index in [1.165, 1.54) is 6.42 Å². The number of ether oxygens (including phenoxy) is 1. The molecule has 1 aromatic heterocycles. The molecule has 3 heterocycles. The molecular formula is C16H24N4O3. The third kappa shape index (κ3) is 3.79. The van der Waals surface area contributed by atoms with Crippen molar-refractivity contribution in [1.29, 1.82) is 0 Å². The first kappa shape index (κ1) is 16.1. The van der Waals surface area contributed by atoms with E-state index in [2.05, 4.69) is 14.9 Å². The molecule has 7 nitrogen and oxygen atoms in total. The number of rotatable bonds is 2. The maximum Gasteiger partial charge on any atom is 0.257 e. The molecule has 1 N–H and O–H groups in total. The number of hydrogen-bond donors (Lipinski definition) is 1. The molecular weight excluding hydrogens is 296 g/mol. The van der Waals surface area contributed by atoms with Crippen LogP contribution >= 0.6 is 0 Å². The standard InChI is InChI=1S/C16H24N4O3/c1-12-14(15(22)20-7-8-23-11-13(21)10-20)9-17-16(18-12)19-5-3-2-4-6-19/h9,13,21H,2-8,10-11H2,1H3/t13-/m1/s1. The van der Waals surface area contributed by atoms with Crippen LogP contribution in [-0.4, -0.2) is 71.4 Å². The normalized spacial score (nSPS) is 22.8. The molecule has 0 spiro atoms. The molecule has 126 valence electrons. The molecule has 0 aromatic carbocycles. The predicted molar refractivity (Wildman–Crippen MR) is 85.6 cm³/mol. The number of aromatic nitrogens is 2. The lowest BCUT2D eigenvalue weighted by molar-refractivity contribution is 0.0534. The number of amides is 1. The number of aliphatic hydroxyl groups is 1. The van der Waals surface area contributed by atoms with Gasteiger partial charge in [0, 0.05) is 32.4 Å². The van der Waals surface area contributed by atoms with Crippen LogP contribution in [0, 0.1) is 6.92 Å². The summed E-state index contributed by atoms with van der Waals surface area (Å²) in [6, 6.07) is 0. The molecule has 2 saturated heterocycles. The minimum absolute atomic E-state index is 0.141. The monoisotopic (exact) mass is 320 g/mol. The van der Waals surface area contributed by atoms with Crippen molar-refractivity contribution in [1.82, 2.24) is 14.9 Å². The van der Waals surface area contributed by atoms with Crippen molar-refractivity contribution in [2.75, 3.05) is 44.3 Å². The molecule has 1 aromatic rings. The fraction of sp³-hybridized carbons (Fsp3) is 0.688. The number of carbonyl (C=O) groups excluding carboxylic acids is 1. The van der Waals surface area contributed by atoms with Crippen LogP contribution in [0.2, 0.25) is 0 Å². The van der Waals surface area contributed by atoms with Crippen LogP contribution in [0.5, 0.6) is 0 Å². The molecule has 1 amide bonds. The molecule has 0 unspecified atom stereocenters. The van der Waals surface area contributed by atoms with Crippen LogP contribution in [0.3, 0.4) is 0 Å². The van der Waals surface area contributed by atoms with Gasteiger partial charge in [-0.05, 0) is 26.2 Å². The van der Waals surface area contributed by atoms with Gasteiger partial charge in [-0.15, -0.1) is 0 Å². The van der Waals surface area contributed by atoms with E-state index in [9.17, 15) is 9.90 Å².